The highest BCUT2D eigenvalue weighted by atomic mass is 32.1. The van der Waals surface area contributed by atoms with Crippen LogP contribution in [-0.2, 0) is 7.05 Å². The van der Waals surface area contributed by atoms with Gasteiger partial charge in [-0.3, -0.25) is 5.10 Å². The van der Waals surface area contributed by atoms with Crippen LogP contribution in [0.15, 0.2) is 0 Å². The Bertz CT molecular complexity index is 358. The molecule has 78 valence electrons. The van der Waals surface area contributed by atoms with Crippen LogP contribution in [0.2, 0.25) is 0 Å². The Morgan fingerprint density at radius 1 is 1.36 bits per heavy atom. The van der Waals surface area contributed by atoms with Gasteiger partial charge in [-0.05, 0) is 31.0 Å². The number of nitrogens with zero attached hydrogens (tertiary/aromatic N) is 2. The van der Waals surface area contributed by atoms with Crippen molar-refractivity contribution < 1.29 is 0 Å². The summed E-state index contributed by atoms with van der Waals surface area (Å²) in [7, 11) is 2.00. The normalized spacial score (nSPS) is 27.9. The molecule has 0 aliphatic heterocycles. The summed E-state index contributed by atoms with van der Waals surface area (Å²) in [6.45, 7) is 2.33. The number of aromatic amines is 1. The van der Waals surface area contributed by atoms with Crippen LogP contribution < -0.4 is 0 Å². The zero-order valence-corrected chi connectivity index (χ0v) is 9.60. The maximum Gasteiger partial charge on any atom is 0.194 e. The molecule has 14 heavy (non-hydrogen) atoms. The summed E-state index contributed by atoms with van der Waals surface area (Å²) in [4.78, 5) is 0. The third-order valence-corrected chi connectivity index (χ3v) is 3.66. The maximum atomic E-state index is 5.11. The molecule has 0 amide bonds. The number of nitrogens with one attached hydrogen (secondary N) is 1. The molecule has 0 atom stereocenters. The first-order chi connectivity index (χ1) is 6.68. The van der Waals surface area contributed by atoms with Crippen molar-refractivity contribution in [3.05, 3.63) is 10.6 Å². The molecule has 0 radical (unpaired) electrons. The second-order valence-electron chi connectivity index (χ2n) is 4.40. The predicted molar refractivity (Wildman–Crippen MR) is 58.8 cm³/mol. The Kier molecular flexibility index (Phi) is 2.72. The van der Waals surface area contributed by atoms with E-state index in [-0.39, 0.29) is 0 Å². The van der Waals surface area contributed by atoms with E-state index >= 15 is 0 Å². The van der Waals surface area contributed by atoms with Gasteiger partial charge >= 0.3 is 0 Å². The number of H-pyrrole nitrogens is 1. The minimum Gasteiger partial charge on any atom is -0.307 e. The maximum absolute atomic E-state index is 5.11. The second-order valence-corrected chi connectivity index (χ2v) is 4.79. The van der Waals surface area contributed by atoms with Crippen molar-refractivity contribution in [2.45, 2.75) is 38.5 Å². The van der Waals surface area contributed by atoms with Crippen molar-refractivity contribution in [2.75, 3.05) is 0 Å². The average molecular weight is 211 g/mol. The van der Waals surface area contributed by atoms with Crippen LogP contribution in [0.5, 0.6) is 0 Å². The minimum absolute atomic E-state index is 0.615. The zero-order chi connectivity index (χ0) is 10.1. The van der Waals surface area contributed by atoms with Crippen LogP contribution in [0.25, 0.3) is 0 Å². The molecule has 0 spiro atoms. The third kappa shape index (κ3) is 1.75. The zero-order valence-electron chi connectivity index (χ0n) is 8.79. The van der Waals surface area contributed by atoms with Crippen molar-refractivity contribution in [2.24, 2.45) is 13.0 Å². The molecule has 1 heterocycles. The fraction of sp³-hybridized carbons (Fsp3) is 0.800. The highest BCUT2D eigenvalue weighted by Gasteiger charge is 2.22. The lowest BCUT2D eigenvalue weighted by molar-refractivity contribution is 0.335. The first-order valence-corrected chi connectivity index (χ1v) is 5.70. The molecule has 1 saturated carbocycles. The Labute approximate surface area is 89.5 Å². The average Bonchev–Trinajstić information content (AvgIpc) is 2.50. The van der Waals surface area contributed by atoms with E-state index in [1.165, 1.54) is 25.7 Å². The molecule has 0 saturated heterocycles. The molecule has 0 bridgehead atoms. The summed E-state index contributed by atoms with van der Waals surface area (Å²) < 4.78 is 2.74. The molecule has 1 aromatic rings. The smallest absolute Gasteiger partial charge is 0.194 e. The first kappa shape index (κ1) is 9.90. The molecule has 3 nitrogen and oxygen atoms in total. The van der Waals surface area contributed by atoms with E-state index in [4.69, 9.17) is 12.2 Å². The molecule has 4 heteroatoms. The Hall–Kier alpha value is -0.640. The highest BCUT2D eigenvalue weighted by molar-refractivity contribution is 7.71. The van der Waals surface area contributed by atoms with Crippen LogP contribution in [0.1, 0.15) is 44.3 Å². The number of rotatable bonds is 1. The van der Waals surface area contributed by atoms with Gasteiger partial charge < -0.3 is 4.57 Å². The molecule has 1 aliphatic carbocycles. The fourth-order valence-electron chi connectivity index (χ4n) is 2.24. The van der Waals surface area contributed by atoms with Gasteiger partial charge in [0.25, 0.3) is 0 Å². The topological polar surface area (TPSA) is 33.6 Å². The van der Waals surface area contributed by atoms with Crippen LogP contribution in [0.4, 0.5) is 0 Å². The van der Waals surface area contributed by atoms with Gasteiger partial charge in [-0.2, -0.15) is 5.10 Å². The van der Waals surface area contributed by atoms with E-state index in [9.17, 15) is 0 Å². The molecular weight excluding hydrogens is 194 g/mol. The van der Waals surface area contributed by atoms with Crippen molar-refractivity contribution in [3.63, 3.8) is 0 Å². The van der Waals surface area contributed by atoms with Gasteiger partial charge in [0, 0.05) is 13.0 Å². The largest absolute Gasteiger partial charge is 0.307 e. The van der Waals surface area contributed by atoms with Crippen molar-refractivity contribution >= 4 is 12.2 Å². The summed E-state index contributed by atoms with van der Waals surface area (Å²) in [6, 6.07) is 0. The van der Waals surface area contributed by atoms with Crippen molar-refractivity contribution in [1.29, 1.82) is 0 Å². The van der Waals surface area contributed by atoms with E-state index < -0.39 is 0 Å². The summed E-state index contributed by atoms with van der Waals surface area (Å²) in [5.74, 6) is 2.64. The molecule has 1 aliphatic rings. The lowest BCUT2D eigenvalue weighted by Crippen LogP contribution is -2.14. The summed E-state index contributed by atoms with van der Waals surface area (Å²) in [6.07, 6.45) is 5.16. The third-order valence-electron chi connectivity index (χ3n) is 3.30. The highest BCUT2D eigenvalue weighted by Crippen LogP contribution is 2.34. The molecule has 2 rings (SSSR count). The molecule has 1 fully saturated rings. The molecule has 0 aromatic carbocycles. The first-order valence-electron chi connectivity index (χ1n) is 5.29. The van der Waals surface area contributed by atoms with Crippen LogP contribution in [0, 0.1) is 10.7 Å². The molecule has 0 unspecified atom stereocenters. The minimum atomic E-state index is 0.615. The SMILES string of the molecule is CC1CCC(c2n[nH]c(=S)n2C)CC1. The van der Waals surface area contributed by atoms with Gasteiger partial charge in [-0.1, -0.05) is 19.8 Å². The molecule has 1 N–H and O–H groups in total. The second kappa shape index (κ2) is 3.85. The van der Waals surface area contributed by atoms with Gasteiger partial charge in [0.05, 0.1) is 0 Å². The predicted octanol–water partition coefficient (Wildman–Crippen LogP) is 2.77. The Morgan fingerprint density at radius 2 is 2.00 bits per heavy atom. The van der Waals surface area contributed by atoms with Crippen molar-refractivity contribution in [3.8, 4) is 0 Å². The van der Waals surface area contributed by atoms with Crippen molar-refractivity contribution in [1.82, 2.24) is 14.8 Å². The van der Waals surface area contributed by atoms with Crippen LogP contribution in [0.3, 0.4) is 0 Å². The Morgan fingerprint density at radius 3 is 2.50 bits per heavy atom. The Balaban J connectivity index is 2.16. The van der Waals surface area contributed by atoms with E-state index in [1.807, 2.05) is 11.6 Å². The quantitative estimate of drug-likeness (QED) is 0.725. The number of aromatic nitrogens is 3. The van der Waals surface area contributed by atoms with Gasteiger partial charge in [0.1, 0.15) is 5.82 Å². The van der Waals surface area contributed by atoms with Gasteiger partial charge in [-0.25, -0.2) is 0 Å². The van der Waals surface area contributed by atoms with Gasteiger partial charge in [0.15, 0.2) is 4.77 Å². The standard InChI is InChI=1S/C10H17N3S/c1-7-3-5-8(6-4-7)9-11-12-10(14)13(9)2/h7-8H,3-6H2,1-2H3,(H,12,14). The summed E-state index contributed by atoms with van der Waals surface area (Å²) in [5.41, 5.74) is 0. The van der Waals surface area contributed by atoms with E-state index in [2.05, 4.69) is 17.1 Å². The van der Waals surface area contributed by atoms with Gasteiger partial charge in [0.2, 0.25) is 0 Å². The lowest BCUT2D eigenvalue weighted by atomic mass is 9.82. The van der Waals surface area contributed by atoms with E-state index in [1.54, 1.807) is 0 Å². The summed E-state index contributed by atoms with van der Waals surface area (Å²) in [5, 5.41) is 7.17. The van der Waals surface area contributed by atoms with E-state index in [0.717, 1.165) is 16.5 Å². The number of hydrogen-bond donors (Lipinski definition) is 1. The summed E-state index contributed by atoms with van der Waals surface area (Å²) >= 11 is 5.11. The van der Waals surface area contributed by atoms with Gasteiger partial charge in [-0.15, -0.1) is 0 Å². The monoisotopic (exact) mass is 211 g/mol. The molecular formula is C10H17N3S. The van der Waals surface area contributed by atoms with Crippen LogP contribution in [-0.4, -0.2) is 14.8 Å². The molecule has 1 aromatic heterocycles. The van der Waals surface area contributed by atoms with Crippen LogP contribution >= 0.6 is 12.2 Å². The lowest BCUT2D eigenvalue weighted by Gasteiger charge is -2.25. The number of hydrogen-bond acceptors (Lipinski definition) is 2. The fourth-order valence-corrected chi connectivity index (χ4v) is 2.38. The van der Waals surface area contributed by atoms with E-state index in [0.29, 0.717) is 5.92 Å².